The number of carbonyl (C=O) groups excluding carboxylic acids is 1. The largest absolute Gasteiger partial charge is 0.348 e. The summed E-state index contributed by atoms with van der Waals surface area (Å²) in [5, 5.41) is 6.79. The van der Waals surface area contributed by atoms with Crippen LogP contribution < -0.4 is 5.32 Å². The van der Waals surface area contributed by atoms with Gasteiger partial charge in [-0.15, -0.1) is 0 Å². The van der Waals surface area contributed by atoms with Crippen LogP contribution in [0, 0.1) is 0 Å². The Kier molecular flexibility index (Phi) is 3.81. The average molecular weight is 283 g/mol. The Morgan fingerprint density at radius 2 is 2.14 bits per heavy atom. The van der Waals surface area contributed by atoms with E-state index in [1.807, 2.05) is 24.3 Å². The lowest BCUT2D eigenvalue weighted by Crippen LogP contribution is -2.19. The summed E-state index contributed by atoms with van der Waals surface area (Å²) in [6.45, 7) is 3.89. The van der Waals surface area contributed by atoms with Gasteiger partial charge < -0.3 is 9.84 Å². The third-order valence-electron chi connectivity index (χ3n) is 3.77. The van der Waals surface area contributed by atoms with E-state index in [-0.39, 0.29) is 5.91 Å². The molecule has 0 radical (unpaired) electrons. The summed E-state index contributed by atoms with van der Waals surface area (Å²) >= 11 is 0. The maximum Gasteiger partial charge on any atom is 0.257 e. The smallest absolute Gasteiger partial charge is 0.257 e. The van der Waals surface area contributed by atoms with Gasteiger partial charge in [-0.1, -0.05) is 30.3 Å². The number of hydrogen-bond donors (Lipinski definition) is 1. The fraction of sp³-hybridized carbons (Fsp3) is 0.312. The van der Waals surface area contributed by atoms with E-state index in [1.165, 1.54) is 12.5 Å². The van der Waals surface area contributed by atoms with Crippen LogP contribution in [0.15, 0.2) is 41.4 Å². The molecule has 2 aromatic rings. The van der Waals surface area contributed by atoms with Crippen LogP contribution in [0.25, 0.3) is 11.5 Å². The van der Waals surface area contributed by atoms with Gasteiger partial charge in [-0.25, -0.2) is 0 Å². The first-order valence-corrected chi connectivity index (χ1v) is 7.09. The van der Waals surface area contributed by atoms with Crippen molar-refractivity contribution in [2.75, 3.05) is 0 Å². The third kappa shape index (κ3) is 3.02. The van der Waals surface area contributed by atoms with Gasteiger partial charge in [0.1, 0.15) is 0 Å². The van der Waals surface area contributed by atoms with Gasteiger partial charge in [0.05, 0.1) is 0 Å². The predicted molar refractivity (Wildman–Crippen MR) is 78.4 cm³/mol. The number of amides is 1. The molecule has 0 spiro atoms. The summed E-state index contributed by atoms with van der Waals surface area (Å²) in [5.41, 5.74) is 1.90. The van der Waals surface area contributed by atoms with Gasteiger partial charge in [0.2, 0.25) is 5.91 Å². The summed E-state index contributed by atoms with van der Waals surface area (Å²) in [5.74, 6) is 1.66. The second-order valence-electron chi connectivity index (χ2n) is 5.20. The Hall–Kier alpha value is -2.43. The normalized spacial score (nSPS) is 14.5. The fourth-order valence-electron chi connectivity index (χ4n) is 2.21. The van der Waals surface area contributed by atoms with E-state index in [9.17, 15) is 4.79 Å². The maximum atomic E-state index is 11.1. The Balaban J connectivity index is 1.67. The van der Waals surface area contributed by atoms with E-state index in [0.717, 1.165) is 29.8 Å². The second-order valence-corrected chi connectivity index (χ2v) is 5.20. The highest BCUT2D eigenvalue weighted by atomic mass is 16.5. The molecular weight excluding hydrogens is 266 g/mol. The Bertz CT molecular complexity index is 642. The van der Waals surface area contributed by atoms with Crippen LogP contribution in [0.2, 0.25) is 0 Å². The first kappa shape index (κ1) is 13.5. The van der Waals surface area contributed by atoms with Crippen LogP contribution in [0.5, 0.6) is 0 Å². The van der Waals surface area contributed by atoms with E-state index in [4.69, 9.17) is 4.52 Å². The average Bonchev–Trinajstić information content (AvgIpc) is 2.92. The minimum absolute atomic E-state index is 0.180. The molecule has 0 unspecified atom stereocenters. The molecule has 1 fully saturated rings. The van der Waals surface area contributed by atoms with Gasteiger partial charge in [-0.05, 0) is 36.6 Å². The minimum Gasteiger partial charge on any atom is -0.348 e. The Morgan fingerprint density at radius 1 is 1.38 bits per heavy atom. The molecule has 0 saturated heterocycles. The molecule has 5 heteroatoms. The zero-order valence-electron chi connectivity index (χ0n) is 11.7. The molecule has 1 aliphatic carbocycles. The molecule has 1 heterocycles. The first-order valence-electron chi connectivity index (χ1n) is 7.09. The van der Waals surface area contributed by atoms with Crippen molar-refractivity contribution in [3.63, 3.8) is 0 Å². The van der Waals surface area contributed by atoms with Crippen molar-refractivity contribution in [1.29, 1.82) is 0 Å². The van der Waals surface area contributed by atoms with E-state index in [2.05, 4.69) is 22.0 Å². The van der Waals surface area contributed by atoms with Crippen molar-refractivity contribution in [3.8, 4) is 11.5 Å². The van der Waals surface area contributed by atoms with Gasteiger partial charge in [0, 0.05) is 18.0 Å². The molecule has 1 aliphatic rings. The lowest BCUT2D eigenvalue weighted by atomic mass is 9.85. The molecule has 0 atom stereocenters. The number of aromatic nitrogens is 2. The molecule has 0 bridgehead atoms. The van der Waals surface area contributed by atoms with Crippen LogP contribution in [0.4, 0.5) is 0 Å². The fourth-order valence-corrected chi connectivity index (χ4v) is 2.21. The zero-order chi connectivity index (χ0) is 14.7. The number of carbonyl (C=O) groups is 1. The molecule has 21 heavy (non-hydrogen) atoms. The quantitative estimate of drug-likeness (QED) is 0.857. The van der Waals surface area contributed by atoms with Crippen molar-refractivity contribution in [2.45, 2.75) is 31.7 Å². The SMILES string of the molecule is C=CC(=O)NCc1ccc(-c2nc(C3CCC3)no2)cc1. The third-order valence-corrected chi connectivity index (χ3v) is 3.77. The molecule has 1 aromatic carbocycles. The number of nitrogens with zero attached hydrogens (tertiary/aromatic N) is 2. The van der Waals surface area contributed by atoms with E-state index >= 15 is 0 Å². The number of hydrogen-bond acceptors (Lipinski definition) is 4. The monoisotopic (exact) mass is 283 g/mol. The van der Waals surface area contributed by atoms with Gasteiger partial charge >= 0.3 is 0 Å². The first-order chi connectivity index (χ1) is 10.3. The summed E-state index contributed by atoms with van der Waals surface area (Å²) in [6.07, 6.45) is 4.82. The molecule has 1 aromatic heterocycles. The van der Waals surface area contributed by atoms with Crippen molar-refractivity contribution in [1.82, 2.24) is 15.5 Å². The van der Waals surface area contributed by atoms with Gasteiger partial charge in [-0.3, -0.25) is 4.79 Å². The predicted octanol–water partition coefficient (Wildman–Crippen LogP) is 2.81. The van der Waals surface area contributed by atoms with Crippen LogP contribution >= 0.6 is 0 Å². The zero-order valence-corrected chi connectivity index (χ0v) is 11.7. The van der Waals surface area contributed by atoms with E-state index < -0.39 is 0 Å². The molecule has 1 saturated carbocycles. The topological polar surface area (TPSA) is 68.0 Å². The number of rotatable bonds is 5. The maximum absolute atomic E-state index is 11.1. The Labute approximate surface area is 123 Å². The van der Waals surface area contributed by atoms with Crippen molar-refractivity contribution < 1.29 is 9.32 Å². The van der Waals surface area contributed by atoms with Gasteiger partial charge in [-0.2, -0.15) is 4.98 Å². The van der Waals surface area contributed by atoms with Crippen LogP contribution in [-0.2, 0) is 11.3 Å². The molecule has 5 nitrogen and oxygen atoms in total. The number of nitrogens with one attached hydrogen (secondary N) is 1. The highest BCUT2D eigenvalue weighted by Gasteiger charge is 2.24. The summed E-state index contributed by atoms with van der Waals surface area (Å²) in [4.78, 5) is 15.6. The summed E-state index contributed by atoms with van der Waals surface area (Å²) in [7, 11) is 0. The molecule has 1 amide bonds. The van der Waals surface area contributed by atoms with Crippen molar-refractivity contribution >= 4 is 5.91 Å². The van der Waals surface area contributed by atoms with Gasteiger partial charge in [0.25, 0.3) is 5.89 Å². The molecule has 0 aliphatic heterocycles. The minimum atomic E-state index is -0.180. The molecular formula is C16H17N3O2. The lowest BCUT2D eigenvalue weighted by molar-refractivity contribution is -0.116. The van der Waals surface area contributed by atoms with Crippen molar-refractivity contribution in [2.24, 2.45) is 0 Å². The van der Waals surface area contributed by atoms with Crippen molar-refractivity contribution in [3.05, 3.63) is 48.3 Å². The highest BCUT2D eigenvalue weighted by Crippen LogP contribution is 2.35. The molecule has 108 valence electrons. The molecule has 3 rings (SSSR count). The number of benzene rings is 1. The summed E-state index contributed by atoms with van der Waals surface area (Å²) < 4.78 is 5.32. The van der Waals surface area contributed by atoms with Crippen LogP contribution in [0.3, 0.4) is 0 Å². The Morgan fingerprint density at radius 3 is 2.76 bits per heavy atom. The van der Waals surface area contributed by atoms with Gasteiger partial charge in [0.15, 0.2) is 5.82 Å². The van der Waals surface area contributed by atoms with Crippen LogP contribution in [0.1, 0.15) is 36.6 Å². The van der Waals surface area contributed by atoms with E-state index in [0.29, 0.717) is 18.4 Å². The van der Waals surface area contributed by atoms with E-state index in [1.54, 1.807) is 0 Å². The molecule has 1 N–H and O–H groups in total. The second kappa shape index (κ2) is 5.91. The summed E-state index contributed by atoms with van der Waals surface area (Å²) in [6, 6.07) is 7.72. The van der Waals surface area contributed by atoms with Crippen LogP contribution in [-0.4, -0.2) is 16.0 Å². The highest BCUT2D eigenvalue weighted by molar-refractivity contribution is 5.86. The standard InChI is InChI=1S/C16H17N3O2/c1-2-14(20)17-10-11-6-8-13(9-7-11)16-18-15(19-21-16)12-4-3-5-12/h2,6-9,12H,1,3-5,10H2,(H,17,20). The lowest BCUT2D eigenvalue weighted by Gasteiger charge is -2.20.